The van der Waals surface area contributed by atoms with E-state index in [1.54, 1.807) is 11.1 Å². The third-order valence-electron chi connectivity index (χ3n) is 7.90. The van der Waals surface area contributed by atoms with Crippen LogP contribution in [-0.4, -0.2) is 71.3 Å². The lowest BCUT2D eigenvalue weighted by Crippen LogP contribution is -2.35. The maximum absolute atomic E-state index is 9.10. The van der Waals surface area contributed by atoms with E-state index in [1.165, 1.54) is 81.8 Å². The second-order valence-corrected chi connectivity index (χ2v) is 10.7. The Hall–Kier alpha value is -2.64. The summed E-state index contributed by atoms with van der Waals surface area (Å²) in [7, 11) is 2.22. The number of carboxylic acid groups (broad SMARTS) is 2. The van der Waals surface area contributed by atoms with E-state index in [4.69, 9.17) is 24.5 Å². The van der Waals surface area contributed by atoms with E-state index in [9.17, 15) is 0 Å². The molecule has 2 fully saturated rings. The Balaban J connectivity index is 0.000000455. The Bertz CT molecular complexity index is 1040. The van der Waals surface area contributed by atoms with Crippen molar-refractivity contribution < 1.29 is 24.5 Å². The first kappa shape index (κ1) is 26.4. The van der Waals surface area contributed by atoms with E-state index >= 15 is 0 Å². The predicted molar refractivity (Wildman–Crippen MR) is 141 cm³/mol. The van der Waals surface area contributed by atoms with Crippen molar-refractivity contribution in [2.75, 3.05) is 33.2 Å². The minimum Gasteiger partial charge on any atom is -0.490 e. The summed E-state index contributed by atoms with van der Waals surface area (Å²) >= 11 is 0. The van der Waals surface area contributed by atoms with Gasteiger partial charge in [0.1, 0.15) is 5.75 Å². The largest absolute Gasteiger partial charge is 0.490 e. The molecule has 0 bridgehead atoms. The highest BCUT2D eigenvalue weighted by atomic mass is 16.5. The first-order chi connectivity index (χ1) is 17.4. The molecule has 7 nitrogen and oxygen atoms in total. The summed E-state index contributed by atoms with van der Waals surface area (Å²) < 4.78 is 6.42. The van der Waals surface area contributed by atoms with Crippen molar-refractivity contribution in [3.63, 3.8) is 0 Å². The van der Waals surface area contributed by atoms with Crippen molar-refractivity contribution in [3.8, 4) is 5.75 Å². The summed E-state index contributed by atoms with van der Waals surface area (Å²) in [5.74, 6) is -1.68. The van der Waals surface area contributed by atoms with E-state index in [2.05, 4.69) is 47.2 Å². The first-order valence-corrected chi connectivity index (χ1v) is 13.5. The Kier molecular flexibility index (Phi) is 9.21. The van der Waals surface area contributed by atoms with Crippen LogP contribution in [0.5, 0.6) is 5.75 Å². The fourth-order valence-electron chi connectivity index (χ4n) is 5.90. The van der Waals surface area contributed by atoms with Gasteiger partial charge in [-0.3, -0.25) is 4.90 Å². The summed E-state index contributed by atoms with van der Waals surface area (Å²) in [5, 5.41) is 17.6. The zero-order valence-electron chi connectivity index (χ0n) is 21.5. The zero-order chi connectivity index (χ0) is 25.5. The van der Waals surface area contributed by atoms with Crippen molar-refractivity contribution >= 4 is 22.7 Å². The van der Waals surface area contributed by atoms with Gasteiger partial charge < -0.3 is 19.8 Å². The van der Waals surface area contributed by atoms with Crippen LogP contribution in [0.3, 0.4) is 0 Å². The van der Waals surface area contributed by atoms with Crippen LogP contribution < -0.4 is 4.74 Å². The molecule has 3 aliphatic rings. The minimum atomic E-state index is -1.82. The molecule has 1 unspecified atom stereocenters. The van der Waals surface area contributed by atoms with Crippen molar-refractivity contribution in [2.24, 2.45) is 5.92 Å². The van der Waals surface area contributed by atoms with Gasteiger partial charge in [-0.2, -0.15) is 0 Å². The summed E-state index contributed by atoms with van der Waals surface area (Å²) in [6, 6.07) is 11.5. The fraction of sp³-hybridized carbons (Fsp3) is 0.586. The van der Waals surface area contributed by atoms with Crippen LogP contribution in [0.2, 0.25) is 0 Å². The lowest BCUT2D eigenvalue weighted by Gasteiger charge is -2.34. The van der Waals surface area contributed by atoms with Gasteiger partial charge in [0.2, 0.25) is 0 Å². The first-order valence-electron chi connectivity index (χ1n) is 13.5. The lowest BCUT2D eigenvalue weighted by atomic mass is 9.87. The van der Waals surface area contributed by atoms with Crippen LogP contribution in [0.1, 0.15) is 62.5 Å². The van der Waals surface area contributed by atoms with Gasteiger partial charge in [0.05, 0.1) is 6.10 Å². The SMILES string of the molecule is CN1CCCC(Oc2ccc3c4c(ccc3c2)CCN(CC2CCCCC2)C4)CC1.O=C(O)C(=O)O. The van der Waals surface area contributed by atoms with E-state index in [0.717, 1.165) is 31.2 Å². The molecule has 2 N–H and O–H groups in total. The van der Waals surface area contributed by atoms with Crippen LogP contribution in [0.4, 0.5) is 0 Å². The van der Waals surface area contributed by atoms with Crippen LogP contribution in [-0.2, 0) is 22.6 Å². The molecule has 1 aliphatic carbocycles. The zero-order valence-corrected chi connectivity index (χ0v) is 21.5. The van der Waals surface area contributed by atoms with E-state index in [0.29, 0.717) is 6.10 Å². The van der Waals surface area contributed by atoms with Gasteiger partial charge in [0.25, 0.3) is 0 Å². The van der Waals surface area contributed by atoms with Gasteiger partial charge >= 0.3 is 11.9 Å². The molecule has 5 rings (SSSR count). The van der Waals surface area contributed by atoms with Crippen molar-refractivity contribution in [2.45, 2.75) is 70.4 Å². The normalized spacial score (nSPS) is 21.6. The molecular weight excluding hydrogens is 456 g/mol. The topological polar surface area (TPSA) is 90.3 Å². The second kappa shape index (κ2) is 12.5. The molecule has 0 radical (unpaired) electrons. The monoisotopic (exact) mass is 496 g/mol. The van der Waals surface area contributed by atoms with Gasteiger partial charge in [-0.1, -0.05) is 37.5 Å². The predicted octanol–water partition coefficient (Wildman–Crippen LogP) is 4.80. The van der Waals surface area contributed by atoms with Crippen molar-refractivity contribution in [1.29, 1.82) is 0 Å². The fourth-order valence-corrected chi connectivity index (χ4v) is 5.90. The van der Waals surface area contributed by atoms with Gasteiger partial charge in [0, 0.05) is 26.2 Å². The molecule has 2 heterocycles. The van der Waals surface area contributed by atoms with Crippen LogP contribution in [0, 0.1) is 5.92 Å². The summed E-state index contributed by atoms with van der Waals surface area (Å²) in [4.78, 5) is 23.4. The maximum atomic E-state index is 9.10. The third-order valence-corrected chi connectivity index (χ3v) is 7.90. The van der Waals surface area contributed by atoms with Crippen molar-refractivity contribution in [1.82, 2.24) is 9.80 Å². The molecular formula is C29H40N2O5. The molecule has 1 saturated heterocycles. The molecule has 196 valence electrons. The number of benzene rings is 2. The Morgan fingerprint density at radius 2 is 1.69 bits per heavy atom. The Morgan fingerprint density at radius 1 is 0.917 bits per heavy atom. The molecule has 2 aromatic carbocycles. The second-order valence-electron chi connectivity index (χ2n) is 10.7. The number of hydrogen-bond donors (Lipinski definition) is 2. The van der Waals surface area contributed by atoms with Gasteiger partial charge in [-0.05, 0) is 92.1 Å². The number of aliphatic carboxylic acids is 2. The average molecular weight is 497 g/mol. The highest BCUT2D eigenvalue weighted by Gasteiger charge is 2.23. The standard InChI is InChI=1S/C27H38N2O.C2H2O4/c1-28-15-5-8-24(14-16-28)30-25-11-12-26-23(18-25)10-9-22-13-17-29(20-27(22)26)19-21-6-3-2-4-7-21;3-1(4)2(5)6/h9-12,18,21,24H,2-8,13-17,19-20H2,1H3;(H,3,4)(H,5,6). The van der Waals surface area contributed by atoms with Crippen LogP contribution in [0.25, 0.3) is 10.8 Å². The molecule has 1 atom stereocenters. The highest BCUT2D eigenvalue weighted by Crippen LogP contribution is 2.32. The number of nitrogens with zero attached hydrogens (tertiary/aromatic N) is 2. The number of carbonyl (C=O) groups is 2. The highest BCUT2D eigenvalue weighted by molar-refractivity contribution is 6.27. The average Bonchev–Trinajstić information content (AvgIpc) is 3.08. The molecule has 0 aromatic heterocycles. The third kappa shape index (κ3) is 7.20. The van der Waals surface area contributed by atoms with E-state index in [1.807, 2.05) is 0 Å². The number of likely N-dealkylation sites (tertiary alicyclic amines) is 1. The van der Waals surface area contributed by atoms with Gasteiger partial charge in [-0.25, -0.2) is 9.59 Å². The van der Waals surface area contributed by atoms with Gasteiger partial charge in [-0.15, -0.1) is 0 Å². The molecule has 7 heteroatoms. The van der Waals surface area contributed by atoms with Crippen LogP contribution in [0.15, 0.2) is 30.3 Å². The summed E-state index contributed by atoms with van der Waals surface area (Å²) in [6.07, 6.45) is 12.3. The van der Waals surface area contributed by atoms with E-state index in [-0.39, 0.29) is 0 Å². The van der Waals surface area contributed by atoms with Gasteiger partial charge in [0.15, 0.2) is 0 Å². The number of fused-ring (bicyclic) bond motifs is 3. The number of ether oxygens (including phenoxy) is 1. The maximum Gasteiger partial charge on any atom is 0.414 e. The quantitative estimate of drug-likeness (QED) is 0.588. The summed E-state index contributed by atoms with van der Waals surface area (Å²) in [6.45, 7) is 5.99. The van der Waals surface area contributed by atoms with Crippen molar-refractivity contribution in [3.05, 3.63) is 41.5 Å². The molecule has 0 amide bonds. The molecule has 0 spiro atoms. The lowest BCUT2D eigenvalue weighted by molar-refractivity contribution is -0.159. The molecule has 36 heavy (non-hydrogen) atoms. The minimum absolute atomic E-state index is 0.357. The van der Waals surface area contributed by atoms with E-state index < -0.39 is 11.9 Å². The summed E-state index contributed by atoms with van der Waals surface area (Å²) in [5.41, 5.74) is 3.13. The number of carboxylic acids is 2. The Labute approximate surface area is 214 Å². The number of hydrogen-bond acceptors (Lipinski definition) is 5. The molecule has 2 aromatic rings. The molecule has 2 aliphatic heterocycles. The molecule has 1 saturated carbocycles. The number of rotatable bonds is 4. The van der Waals surface area contributed by atoms with Crippen LogP contribution >= 0.6 is 0 Å². The Morgan fingerprint density at radius 3 is 2.44 bits per heavy atom. The smallest absolute Gasteiger partial charge is 0.414 e.